The average molecular weight is 434 g/mol. The molecule has 0 aliphatic carbocycles. The first-order chi connectivity index (χ1) is 14.4. The smallest absolute Gasteiger partial charge is 0.253 e. The summed E-state index contributed by atoms with van der Waals surface area (Å²) in [6.45, 7) is 5.98. The molecule has 0 radical (unpaired) electrons. The van der Waals surface area contributed by atoms with E-state index in [2.05, 4.69) is 10.6 Å². The topological polar surface area (TPSA) is 70.7 Å². The Hall–Kier alpha value is -2.64. The highest BCUT2D eigenvalue weighted by atomic mass is 35.5. The molecule has 0 bridgehead atoms. The second-order valence-corrected chi connectivity index (χ2v) is 7.84. The molecule has 2 aromatic rings. The predicted octanol–water partition coefficient (Wildman–Crippen LogP) is 3.71. The molecule has 3 rings (SSSR count). The molecule has 1 aliphatic rings. The lowest BCUT2D eigenvalue weighted by atomic mass is 10.0. The van der Waals surface area contributed by atoms with Gasteiger partial charge in [-0.3, -0.25) is 9.59 Å². The fourth-order valence-corrected chi connectivity index (χ4v) is 3.49. The zero-order valence-electron chi connectivity index (χ0n) is 17.0. The van der Waals surface area contributed by atoms with Gasteiger partial charge in [-0.2, -0.15) is 0 Å². The summed E-state index contributed by atoms with van der Waals surface area (Å²) in [5.41, 5.74) is 1.09. The van der Waals surface area contributed by atoms with E-state index in [0.717, 1.165) is 0 Å². The maximum Gasteiger partial charge on any atom is 0.253 e. The highest BCUT2D eigenvalue weighted by Crippen LogP contribution is 2.24. The molecule has 2 aromatic carbocycles. The van der Waals surface area contributed by atoms with Crippen molar-refractivity contribution in [3.05, 3.63) is 58.9 Å². The Morgan fingerprint density at radius 3 is 2.47 bits per heavy atom. The standard InChI is InChI=1S/C22H25ClFN3O3/c1-14(2)20(26-21(28)16-5-3-4-6-17(16)23)22(29)25-15-7-8-19(18(24)13-15)27-9-11-30-12-10-27/h3-8,13-14,20H,9-12H2,1-2H3,(H,25,29)(H,26,28). The number of amides is 2. The number of morpholine rings is 1. The number of anilines is 2. The molecule has 1 heterocycles. The van der Waals surface area contributed by atoms with Crippen LogP contribution in [-0.2, 0) is 9.53 Å². The third-order valence-electron chi connectivity index (χ3n) is 4.92. The summed E-state index contributed by atoms with van der Waals surface area (Å²) in [7, 11) is 0. The first kappa shape index (κ1) is 22.1. The van der Waals surface area contributed by atoms with E-state index in [1.807, 2.05) is 18.7 Å². The summed E-state index contributed by atoms with van der Waals surface area (Å²) in [5, 5.41) is 5.72. The van der Waals surface area contributed by atoms with Gasteiger partial charge in [0.15, 0.2) is 0 Å². The van der Waals surface area contributed by atoms with Crippen LogP contribution in [0.15, 0.2) is 42.5 Å². The fourth-order valence-electron chi connectivity index (χ4n) is 3.26. The van der Waals surface area contributed by atoms with Crippen molar-refractivity contribution in [2.75, 3.05) is 36.5 Å². The molecule has 0 aromatic heterocycles. The number of hydrogen-bond acceptors (Lipinski definition) is 4. The van der Waals surface area contributed by atoms with Crippen molar-refractivity contribution in [2.45, 2.75) is 19.9 Å². The molecule has 2 amide bonds. The molecular formula is C22H25ClFN3O3. The van der Waals surface area contributed by atoms with Crippen molar-refractivity contribution in [2.24, 2.45) is 5.92 Å². The Kier molecular flexibility index (Phi) is 7.29. The van der Waals surface area contributed by atoms with Crippen LogP contribution in [0.25, 0.3) is 0 Å². The van der Waals surface area contributed by atoms with Crippen LogP contribution in [-0.4, -0.2) is 44.2 Å². The Bertz CT molecular complexity index is 916. The van der Waals surface area contributed by atoms with E-state index in [1.54, 1.807) is 36.4 Å². The van der Waals surface area contributed by atoms with Crippen LogP contribution in [0.4, 0.5) is 15.8 Å². The normalized spacial score (nSPS) is 15.0. The van der Waals surface area contributed by atoms with E-state index in [1.165, 1.54) is 6.07 Å². The van der Waals surface area contributed by atoms with Crippen molar-refractivity contribution in [3.8, 4) is 0 Å². The van der Waals surface area contributed by atoms with Crippen LogP contribution in [0.3, 0.4) is 0 Å². The number of carbonyl (C=O) groups is 2. The van der Waals surface area contributed by atoms with Gasteiger partial charge in [0.1, 0.15) is 11.9 Å². The first-order valence-electron chi connectivity index (χ1n) is 9.85. The quantitative estimate of drug-likeness (QED) is 0.728. The lowest BCUT2D eigenvalue weighted by Gasteiger charge is -2.29. The van der Waals surface area contributed by atoms with Gasteiger partial charge in [-0.1, -0.05) is 37.6 Å². The minimum absolute atomic E-state index is 0.186. The second-order valence-electron chi connectivity index (χ2n) is 7.43. The number of carbonyl (C=O) groups excluding carboxylic acids is 2. The van der Waals surface area contributed by atoms with Crippen LogP contribution >= 0.6 is 11.6 Å². The van der Waals surface area contributed by atoms with E-state index in [-0.39, 0.29) is 5.92 Å². The van der Waals surface area contributed by atoms with Crippen molar-refractivity contribution >= 4 is 34.8 Å². The Balaban J connectivity index is 1.69. The fraction of sp³-hybridized carbons (Fsp3) is 0.364. The maximum absolute atomic E-state index is 14.6. The molecule has 2 N–H and O–H groups in total. The van der Waals surface area contributed by atoms with Gasteiger partial charge >= 0.3 is 0 Å². The predicted molar refractivity (Wildman–Crippen MR) is 116 cm³/mol. The lowest BCUT2D eigenvalue weighted by Crippen LogP contribution is -2.47. The number of rotatable bonds is 6. The molecule has 1 atom stereocenters. The molecule has 6 nitrogen and oxygen atoms in total. The van der Waals surface area contributed by atoms with Gasteiger partial charge in [-0.05, 0) is 36.2 Å². The maximum atomic E-state index is 14.6. The number of ether oxygens (including phenoxy) is 1. The van der Waals surface area contributed by atoms with E-state index in [9.17, 15) is 14.0 Å². The van der Waals surface area contributed by atoms with E-state index >= 15 is 0 Å². The summed E-state index contributed by atoms with van der Waals surface area (Å²) in [6, 6.07) is 10.4. The molecule has 30 heavy (non-hydrogen) atoms. The Morgan fingerprint density at radius 2 is 1.83 bits per heavy atom. The lowest BCUT2D eigenvalue weighted by molar-refractivity contribution is -0.118. The zero-order valence-corrected chi connectivity index (χ0v) is 17.7. The summed E-state index contributed by atoms with van der Waals surface area (Å²) in [6.07, 6.45) is 0. The number of nitrogens with one attached hydrogen (secondary N) is 2. The van der Waals surface area contributed by atoms with E-state index in [4.69, 9.17) is 16.3 Å². The summed E-state index contributed by atoms with van der Waals surface area (Å²) in [5.74, 6) is -1.47. The van der Waals surface area contributed by atoms with Crippen molar-refractivity contribution in [1.82, 2.24) is 5.32 Å². The van der Waals surface area contributed by atoms with Gasteiger partial charge in [0.25, 0.3) is 5.91 Å². The molecule has 1 aliphatic heterocycles. The molecular weight excluding hydrogens is 409 g/mol. The number of nitrogens with zero attached hydrogens (tertiary/aromatic N) is 1. The van der Waals surface area contributed by atoms with Gasteiger partial charge in [0.2, 0.25) is 5.91 Å². The van der Waals surface area contributed by atoms with Crippen LogP contribution in [0.5, 0.6) is 0 Å². The summed E-state index contributed by atoms with van der Waals surface area (Å²) in [4.78, 5) is 27.3. The second kappa shape index (κ2) is 9.91. The van der Waals surface area contributed by atoms with Gasteiger partial charge in [-0.25, -0.2) is 4.39 Å². The Labute approximate surface area is 180 Å². The minimum Gasteiger partial charge on any atom is -0.378 e. The SMILES string of the molecule is CC(C)C(NC(=O)c1ccccc1Cl)C(=O)Nc1ccc(N2CCOCC2)c(F)c1. The molecule has 160 valence electrons. The van der Waals surface area contributed by atoms with Crippen LogP contribution in [0.1, 0.15) is 24.2 Å². The minimum atomic E-state index is -0.809. The third-order valence-corrected chi connectivity index (χ3v) is 5.25. The monoisotopic (exact) mass is 433 g/mol. The number of hydrogen-bond donors (Lipinski definition) is 2. The zero-order chi connectivity index (χ0) is 21.7. The first-order valence-corrected chi connectivity index (χ1v) is 10.2. The van der Waals surface area contributed by atoms with Gasteiger partial charge in [-0.15, -0.1) is 0 Å². The highest BCUT2D eigenvalue weighted by Gasteiger charge is 2.26. The highest BCUT2D eigenvalue weighted by molar-refractivity contribution is 6.33. The molecule has 0 spiro atoms. The van der Waals surface area contributed by atoms with Crippen LogP contribution in [0.2, 0.25) is 5.02 Å². The third kappa shape index (κ3) is 5.29. The summed E-state index contributed by atoms with van der Waals surface area (Å²) >= 11 is 6.07. The van der Waals surface area contributed by atoms with Crippen LogP contribution in [0, 0.1) is 11.7 Å². The summed E-state index contributed by atoms with van der Waals surface area (Å²) < 4.78 is 19.9. The van der Waals surface area contributed by atoms with E-state index < -0.39 is 23.7 Å². The molecule has 8 heteroatoms. The van der Waals surface area contributed by atoms with Gasteiger partial charge < -0.3 is 20.3 Å². The van der Waals surface area contributed by atoms with Gasteiger partial charge in [0.05, 0.1) is 29.5 Å². The molecule has 1 fully saturated rings. The van der Waals surface area contributed by atoms with Crippen LogP contribution < -0.4 is 15.5 Å². The number of halogens is 2. The molecule has 1 unspecified atom stereocenters. The van der Waals surface area contributed by atoms with Crippen molar-refractivity contribution in [1.29, 1.82) is 0 Å². The number of benzene rings is 2. The van der Waals surface area contributed by atoms with E-state index in [0.29, 0.717) is 48.3 Å². The van der Waals surface area contributed by atoms with Crippen molar-refractivity contribution in [3.63, 3.8) is 0 Å². The average Bonchev–Trinajstić information content (AvgIpc) is 2.72. The Morgan fingerprint density at radius 1 is 1.13 bits per heavy atom. The molecule has 0 saturated carbocycles. The van der Waals surface area contributed by atoms with Crippen molar-refractivity contribution < 1.29 is 18.7 Å². The largest absolute Gasteiger partial charge is 0.378 e. The molecule has 1 saturated heterocycles. The van der Waals surface area contributed by atoms with Gasteiger partial charge in [0, 0.05) is 18.8 Å².